The minimum absolute atomic E-state index is 0.117. The second-order valence-corrected chi connectivity index (χ2v) is 11.1. The van der Waals surface area contributed by atoms with Crippen LogP contribution in [0.4, 0.5) is 14.5 Å². The summed E-state index contributed by atoms with van der Waals surface area (Å²) in [6.07, 6.45) is 7.18. The van der Waals surface area contributed by atoms with E-state index >= 15 is 4.39 Å². The highest BCUT2D eigenvalue weighted by Crippen LogP contribution is 2.39. The number of nitrogens with zero attached hydrogens (tertiary/aromatic N) is 4. The van der Waals surface area contributed by atoms with E-state index in [1.807, 2.05) is 13.8 Å². The predicted octanol–water partition coefficient (Wildman–Crippen LogP) is 6.02. The van der Waals surface area contributed by atoms with Gasteiger partial charge in [0.2, 0.25) is 0 Å². The van der Waals surface area contributed by atoms with E-state index in [1.54, 1.807) is 6.07 Å². The van der Waals surface area contributed by atoms with Crippen LogP contribution in [0.2, 0.25) is 0 Å². The third-order valence-electron chi connectivity index (χ3n) is 8.12. The summed E-state index contributed by atoms with van der Waals surface area (Å²) in [6, 6.07) is 10.1. The number of fused-ring (bicyclic) bond motifs is 2. The predicted molar refractivity (Wildman–Crippen MR) is 147 cm³/mol. The standard InChI is InChI=1S/C31H34F2N4O/c1-19(2)37-10-11-38-31-26(32)16-25(17-28(31)37)30-27(33)18-34-29(35-30)14-20-12-22-4-5-23(15-24(22)13-20)21-6-8-36(3)9-7-21/h4-5,12,15-19,21H,6-11,13-14H2,1-3H3. The summed E-state index contributed by atoms with van der Waals surface area (Å²) in [7, 11) is 2.19. The molecule has 1 saturated heterocycles. The summed E-state index contributed by atoms with van der Waals surface area (Å²) in [4.78, 5) is 13.3. The van der Waals surface area contributed by atoms with Gasteiger partial charge in [-0.25, -0.2) is 18.7 Å². The maximum atomic E-state index is 15.0. The Kier molecular flexibility index (Phi) is 6.64. The molecule has 0 saturated carbocycles. The zero-order valence-corrected chi connectivity index (χ0v) is 22.3. The first-order valence-corrected chi connectivity index (χ1v) is 13.6. The van der Waals surface area contributed by atoms with E-state index in [1.165, 1.54) is 47.4 Å². The Hall–Kier alpha value is -3.32. The topological polar surface area (TPSA) is 41.5 Å². The van der Waals surface area contributed by atoms with Gasteiger partial charge in [0, 0.05) is 18.0 Å². The Morgan fingerprint density at radius 3 is 2.66 bits per heavy atom. The second-order valence-electron chi connectivity index (χ2n) is 11.1. The van der Waals surface area contributed by atoms with Gasteiger partial charge in [0.15, 0.2) is 17.4 Å². The average molecular weight is 517 g/mol. The monoisotopic (exact) mass is 516 g/mol. The van der Waals surface area contributed by atoms with E-state index in [2.05, 4.69) is 51.1 Å². The molecule has 0 bridgehead atoms. The lowest BCUT2D eigenvalue weighted by molar-refractivity contribution is 0.255. The summed E-state index contributed by atoms with van der Waals surface area (Å²) >= 11 is 0. The van der Waals surface area contributed by atoms with Crippen LogP contribution in [-0.4, -0.2) is 54.2 Å². The van der Waals surface area contributed by atoms with Crippen molar-refractivity contribution in [3.8, 4) is 17.0 Å². The zero-order chi connectivity index (χ0) is 26.4. The van der Waals surface area contributed by atoms with Gasteiger partial charge in [-0.2, -0.15) is 0 Å². The molecule has 1 aromatic heterocycles. The van der Waals surface area contributed by atoms with Gasteiger partial charge in [0.1, 0.15) is 18.1 Å². The number of benzene rings is 2. The van der Waals surface area contributed by atoms with E-state index in [0.717, 1.165) is 19.5 Å². The summed E-state index contributed by atoms with van der Waals surface area (Å²) in [6.45, 7) is 7.46. The molecule has 0 spiro atoms. The van der Waals surface area contributed by atoms with E-state index in [-0.39, 0.29) is 17.5 Å². The fourth-order valence-electron chi connectivity index (χ4n) is 6.01. The fraction of sp³-hybridized carbons (Fsp3) is 0.419. The molecule has 1 aliphatic carbocycles. The molecule has 0 atom stereocenters. The summed E-state index contributed by atoms with van der Waals surface area (Å²) < 4.78 is 35.6. The molecule has 6 rings (SSSR count). The molecule has 2 aromatic carbocycles. The molecule has 5 nitrogen and oxygen atoms in total. The second kappa shape index (κ2) is 10.1. The molecule has 198 valence electrons. The van der Waals surface area contributed by atoms with Crippen molar-refractivity contribution < 1.29 is 13.5 Å². The average Bonchev–Trinajstić information content (AvgIpc) is 3.31. The highest BCUT2D eigenvalue weighted by atomic mass is 19.1. The molecule has 0 amide bonds. The number of rotatable bonds is 5. The van der Waals surface area contributed by atoms with Gasteiger partial charge in [-0.3, -0.25) is 0 Å². The number of allylic oxidation sites excluding steroid dienone is 1. The fourth-order valence-corrected chi connectivity index (χ4v) is 6.01. The highest BCUT2D eigenvalue weighted by Gasteiger charge is 2.26. The molecule has 3 aromatic rings. The number of ether oxygens (including phenoxy) is 1. The quantitative estimate of drug-likeness (QED) is 0.415. The zero-order valence-electron chi connectivity index (χ0n) is 22.3. The van der Waals surface area contributed by atoms with Crippen LogP contribution in [0.1, 0.15) is 55.1 Å². The van der Waals surface area contributed by atoms with Crippen molar-refractivity contribution in [1.82, 2.24) is 14.9 Å². The molecule has 7 heteroatoms. The molecule has 38 heavy (non-hydrogen) atoms. The minimum atomic E-state index is -0.563. The number of aromatic nitrogens is 2. The van der Waals surface area contributed by atoms with E-state index < -0.39 is 11.6 Å². The first-order chi connectivity index (χ1) is 18.4. The van der Waals surface area contributed by atoms with Crippen LogP contribution in [-0.2, 0) is 12.8 Å². The highest BCUT2D eigenvalue weighted by molar-refractivity contribution is 5.72. The lowest BCUT2D eigenvalue weighted by atomic mass is 9.88. The van der Waals surface area contributed by atoms with Crippen molar-refractivity contribution in [1.29, 1.82) is 0 Å². The number of likely N-dealkylation sites (tertiary alicyclic amines) is 1. The lowest BCUT2D eigenvalue weighted by Crippen LogP contribution is -2.38. The maximum absolute atomic E-state index is 15.0. The normalized spacial score (nSPS) is 17.8. The van der Waals surface area contributed by atoms with Gasteiger partial charge in [-0.1, -0.05) is 29.8 Å². The Balaban J connectivity index is 1.23. The first-order valence-electron chi connectivity index (χ1n) is 13.6. The van der Waals surface area contributed by atoms with Crippen molar-refractivity contribution in [3.05, 3.63) is 76.3 Å². The molecule has 1 fully saturated rings. The summed E-state index contributed by atoms with van der Waals surface area (Å²) in [5.41, 5.74) is 6.36. The Morgan fingerprint density at radius 1 is 1.05 bits per heavy atom. The molecule has 3 aliphatic rings. The Bertz CT molecular complexity index is 1390. The van der Waals surface area contributed by atoms with Gasteiger partial charge in [0.05, 0.1) is 18.4 Å². The van der Waals surface area contributed by atoms with Crippen LogP contribution in [0.5, 0.6) is 5.75 Å². The third-order valence-corrected chi connectivity index (χ3v) is 8.12. The smallest absolute Gasteiger partial charge is 0.178 e. The largest absolute Gasteiger partial charge is 0.486 e. The first kappa shape index (κ1) is 25.0. The number of hydrogen-bond acceptors (Lipinski definition) is 5. The lowest BCUT2D eigenvalue weighted by Gasteiger charge is -2.34. The van der Waals surface area contributed by atoms with Crippen LogP contribution in [0.3, 0.4) is 0 Å². The van der Waals surface area contributed by atoms with Gasteiger partial charge in [-0.15, -0.1) is 0 Å². The summed E-state index contributed by atoms with van der Waals surface area (Å²) in [5.74, 6) is 0.310. The van der Waals surface area contributed by atoms with E-state index in [9.17, 15) is 4.39 Å². The SMILES string of the molecule is CC(C)N1CCOc2c(F)cc(-c3nc(CC4=Cc5ccc(C6CCN(C)CC6)cc5C4)ncc3F)cc21. The van der Waals surface area contributed by atoms with E-state index in [4.69, 9.17) is 4.74 Å². The number of piperidine rings is 1. The van der Waals surface area contributed by atoms with Crippen LogP contribution >= 0.6 is 0 Å². The van der Waals surface area contributed by atoms with Crippen molar-refractivity contribution in [2.24, 2.45) is 0 Å². The number of hydrogen-bond donors (Lipinski definition) is 0. The van der Waals surface area contributed by atoms with Crippen LogP contribution < -0.4 is 9.64 Å². The third kappa shape index (κ3) is 4.80. The van der Waals surface area contributed by atoms with Gasteiger partial charge in [0.25, 0.3) is 0 Å². The minimum Gasteiger partial charge on any atom is -0.486 e. The maximum Gasteiger partial charge on any atom is 0.178 e. The molecular weight excluding hydrogens is 482 g/mol. The molecule has 2 aliphatic heterocycles. The molecule has 0 unspecified atom stereocenters. The van der Waals surface area contributed by atoms with Crippen molar-refractivity contribution in [2.45, 2.75) is 51.5 Å². The number of halogens is 2. The summed E-state index contributed by atoms with van der Waals surface area (Å²) in [5, 5.41) is 0. The molecule has 0 N–H and O–H groups in total. The molecular formula is C31H34F2N4O. The van der Waals surface area contributed by atoms with Crippen molar-refractivity contribution in [2.75, 3.05) is 38.2 Å². The van der Waals surface area contributed by atoms with Crippen LogP contribution in [0.25, 0.3) is 17.3 Å². The Labute approximate surface area is 223 Å². The van der Waals surface area contributed by atoms with Crippen molar-refractivity contribution in [3.63, 3.8) is 0 Å². The van der Waals surface area contributed by atoms with E-state index in [0.29, 0.717) is 42.6 Å². The number of anilines is 1. The van der Waals surface area contributed by atoms with Crippen LogP contribution in [0, 0.1) is 11.6 Å². The molecule has 3 heterocycles. The van der Waals surface area contributed by atoms with Crippen molar-refractivity contribution >= 4 is 11.8 Å². The Morgan fingerprint density at radius 2 is 1.87 bits per heavy atom. The molecule has 0 radical (unpaired) electrons. The van der Waals surface area contributed by atoms with Gasteiger partial charge >= 0.3 is 0 Å². The van der Waals surface area contributed by atoms with Gasteiger partial charge in [-0.05, 0) is 88.0 Å². The van der Waals surface area contributed by atoms with Gasteiger partial charge < -0.3 is 14.5 Å². The van der Waals surface area contributed by atoms with Crippen LogP contribution in [0.15, 0.2) is 42.1 Å².